The molecule has 0 atom stereocenters. The Balaban J connectivity index is 2.15. The van der Waals surface area contributed by atoms with Crippen molar-refractivity contribution in [2.75, 3.05) is 6.61 Å². The fourth-order valence-corrected chi connectivity index (χ4v) is 3.20. The molecule has 112 valence electrons. The molecule has 2 aromatic heterocycles. The summed E-state index contributed by atoms with van der Waals surface area (Å²) in [6.07, 6.45) is 1.65. The zero-order valence-electron chi connectivity index (χ0n) is 11.6. The smallest absolute Gasteiger partial charge is 0.369 e. The van der Waals surface area contributed by atoms with E-state index in [-0.39, 0.29) is 17.2 Å². The van der Waals surface area contributed by atoms with E-state index in [1.54, 1.807) is 6.92 Å². The summed E-state index contributed by atoms with van der Waals surface area (Å²) in [5, 5.41) is 8.28. The van der Waals surface area contributed by atoms with Crippen molar-refractivity contribution in [3.63, 3.8) is 0 Å². The molecule has 0 aromatic carbocycles. The third-order valence-corrected chi connectivity index (χ3v) is 4.16. The lowest BCUT2D eigenvalue weighted by Crippen LogP contribution is -2.09. The Hall–Kier alpha value is -1.74. The number of aromatic amines is 1. The van der Waals surface area contributed by atoms with Crippen LogP contribution in [0.3, 0.4) is 0 Å². The number of hydrogen-bond acceptors (Lipinski definition) is 8. The summed E-state index contributed by atoms with van der Waals surface area (Å²) in [4.78, 5) is 30.0. The minimum absolute atomic E-state index is 0.186. The van der Waals surface area contributed by atoms with Crippen molar-refractivity contribution in [1.82, 2.24) is 20.2 Å². The van der Waals surface area contributed by atoms with Crippen LogP contribution in [0.2, 0.25) is 0 Å². The number of carbonyl (C=O) groups is 1. The number of aromatic nitrogens is 4. The summed E-state index contributed by atoms with van der Waals surface area (Å²) in [6, 6.07) is 1.48. The molecule has 2 heterocycles. The van der Waals surface area contributed by atoms with Crippen LogP contribution >= 0.6 is 23.1 Å². The average molecular weight is 326 g/mol. The number of rotatable bonds is 6. The Kier molecular flexibility index (Phi) is 5.45. The molecule has 2 aromatic rings. The topological polar surface area (TPSA) is 97.8 Å². The van der Waals surface area contributed by atoms with Gasteiger partial charge in [0.1, 0.15) is 0 Å². The highest BCUT2D eigenvalue weighted by Gasteiger charge is 2.15. The molecule has 2 rings (SSSR count). The Morgan fingerprint density at radius 1 is 1.43 bits per heavy atom. The van der Waals surface area contributed by atoms with Crippen LogP contribution in [0, 0.1) is 0 Å². The molecular formula is C12H14N4O3S2. The van der Waals surface area contributed by atoms with Crippen molar-refractivity contribution in [2.45, 2.75) is 36.2 Å². The van der Waals surface area contributed by atoms with Crippen molar-refractivity contribution in [1.29, 1.82) is 0 Å². The number of carbonyl (C=O) groups excluding carboxylic acids is 1. The molecule has 0 aliphatic heterocycles. The normalized spacial score (nSPS) is 10.6. The third-order valence-electron chi connectivity index (χ3n) is 2.32. The van der Waals surface area contributed by atoms with Crippen LogP contribution in [0.15, 0.2) is 20.4 Å². The summed E-state index contributed by atoms with van der Waals surface area (Å²) in [7, 11) is 0. The number of H-pyrrole nitrogens is 1. The molecule has 7 nitrogen and oxygen atoms in total. The molecule has 0 saturated carbocycles. The summed E-state index contributed by atoms with van der Waals surface area (Å²) in [5.41, 5.74) is 0.532. The summed E-state index contributed by atoms with van der Waals surface area (Å²) < 4.78 is 5.37. The first-order valence-corrected chi connectivity index (χ1v) is 8.04. The van der Waals surface area contributed by atoms with Crippen molar-refractivity contribution in [3.05, 3.63) is 27.1 Å². The number of esters is 1. The lowest BCUT2D eigenvalue weighted by atomic mass is 10.2. The Bertz CT molecular complexity index is 683. The van der Waals surface area contributed by atoms with Gasteiger partial charge in [0.15, 0.2) is 9.50 Å². The molecular weight excluding hydrogens is 312 g/mol. The SMILES string of the molecule is CCCc1cc(=O)[nH]c(Sc2nnc(C(=O)OCC)s2)n1. The van der Waals surface area contributed by atoms with Crippen molar-refractivity contribution >= 4 is 29.1 Å². The Labute approximate surface area is 129 Å². The average Bonchev–Trinajstić information content (AvgIpc) is 2.87. The van der Waals surface area contributed by atoms with Crippen molar-refractivity contribution < 1.29 is 9.53 Å². The molecule has 0 radical (unpaired) electrons. The van der Waals surface area contributed by atoms with Crippen molar-refractivity contribution in [2.24, 2.45) is 0 Å². The van der Waals surface area contributed by atoms with Gasteiger partial charge >= 0.3 is 5.97 Å². The fourth-order valence-electron chi connectivity index (χ4n) is 1.53. The number of ether oxygens (including phenoxy) is 1. The van der Waals surface area contributed by atoms with Gasteiger partial charge in [0.2, 0.25) is 5.01 Å². The van der Waals surface area contributed by atoms with Crippen LogP contribution in [-0.4, -0.2) is 32.7 Å². The Morgan fingerprint density at radius 3 is 2.95 bits per heavy atom. The van der Waals surface area contributed by atoms with Gasteiger partial charge < -0.3 is 9.72 Å². The second kappa shape index (κ2) is 7.32. The van der Waals surface area contributed by atoms with Crippen LogP contribution < -0.4 is 5.56 Å². The lowest BCUT2D eigenvalue weighted by Gasteiger charge is -2.00. The van der Waals surface area contributed by atoms with E-state index in [0.717, 1.165) is 29.9 Å². The van der Waals surface area contributed by atoms with E-state index in [0.29, 0.717) is 9.50 Å². The molecule has 0 aliphatic rings. The van der Waals surface area contributed by atoms with Gasteiger partial charge in [-0.3, -0.25) is 4.79 Å². The molecule has 0 spiro atoms. The fraction of sp³-hybridized carbons (Fsp3) is 0.417. The Morgan fingerprint density at radius 2 is 2.24 bits per heavy atom. The first-order chi connectivity index (χ1) is 10.1. The van der Waals surface area contributed by atoms with E-state index < -0.39 is 5.97 Å². The third kappa shape index (κ3) is 4.36. The van der Waals surface area contributed by atoms with E-state index in [9.17, 15) is 9.59 Å². The maximum absolute atomic E-state index is 11.6. The number of nitrogens with zero attached hydrogens (tertiary/aromatic N) is 3. The molecule has 0 aliphatic carbocycles. The quantitative estimate of drug-likeness (QED) is 0.639. The van der Waals surface area contributed by atoms with E-state index >= 15 is 0 Å². The van der Waals surface area contributed by atoms with E-state index in [2.05, 4.69) is 20.2 Å². The maximum Gasteiger partial charge on any atom is 0.369 e. The predicted octanol–water partition coefficient (Wildman–Crippen LogP) is 1.90. The number of nitrogens with one attached hydrogen (secondary N) is 1. The summed E-state index contributed by atoms with van der Waals surface area (Å²) in [5.74, 6) is -0.497. The number of hydrogen-bond donors (Lipinski definition) is 1. The zero-order chi connectivity index (χ0) is 15.2. The van der Waals surface area contributed by atoms with Crippen LogP contribution in [0.25, 0.3) is 0 Å². The van der Waals surface area contributed by atoms with Gasteiger partial charge in [-0.1, -0.05) is 24.7 Å². The molecule has 0 fully saturated rings. The van der Waals surface area contributed by atoms with E-state index in [1.807, 2.05) is 6.92 Å². The van der Waals surface area contributed by atoms with Gasteiger partial charge in [-0.05, 0) is 25.1 Å². The second-order valence-electron chi connectivity index (χ2n) is 3.99. The van der Waals surface area contributed by atoms with Gasteiger partial charge in [0.25, 0.3) is 5.56 Å². The highest BCUT2D eigenvalue weighted by molar-refractivity contribution is 8.00. The highest BCUT2D eigenvalue weighted by Crippen LogP contribution is 2.27. The second-order valence-corrected chi connectivity index (χ2v) is 6.20. The van der Waals surface area contributed by atoms with Crippen LogP contribution in [0.4, 0.5) is 0 Å². The van der Waals surface area contributed by atoms with Gasteiger partial charge in [0, 0.05) is 11.8 Å². The minimum atomic E-state index is -0.497. The van der Waals surface area contributed by atoms with Gasteiger partial charge in [-0.15, -0.1) is 10.2 Å². The van der Waals surface area contributed by atoms with Crippen LogP contribution in [0.5, 0.6) is 0 Å². The maximum atomic E-state index is 11.6. The largest absolute Gasteiger partial charge is 0.461 e. The van der Waals surface area contributed by atoms with Crippen molar-refractivity contribution in [3.8, 4) is 0 Å². The summed E-state index contributed by atoms with van der Waals surface area (Å²) >= 11 is 2.27. The van der Waals surface area contributed by atoms with E-state index in [4.69, 9.17) is 4.74 Å². The molecule has 0 bridgehead atoms. The molecule has 21 heavy (non-hydrogen) atoms. The number of aryl methyl sites for hydroxylation is 1. The molecule has 9 heteroatoms. The van der Waals surface area contributed by atoms with Gasteiger partial charge in [-0.2, -0.15) is 0 Å². The van der Waals surface area contributed by atoms with Crippen LogP contribution in [0.1, 0.15) is 35.8 Å². The lowest BCUT2D eigenvalue weighted by molar-refractivity contribution is 0.0525. The first-order valence-electron chi connectivity index (χ1n) is 6.41. The molecule has 1 N–H and O–H groups in total. The minimum Gasteiger partial charge on any atom is -0.461 e. The van der Waals surface area contributed by atoms with Gasteiger partial charge in [0.05, 0.1) is 6.61 Å². The molecule has 0 amide bonds. The predicted molar refractivity (Wildman–Crippen MR) is 78.8 cm³/mol. The summed E-state index contributed by atoms with van der Waals surface area (Å²) in [6.45, 7) is 4.03. The molecule has 0 saturated heterocycles. The highest BCUT2D eigenvalue weighted by atomic mass is 32.2. The zero-order valence-corrected chi connectivity index (χ0v) is 13.2. The standard InChI is InChI=1S/C12H14N4O3S2/c1-3-5-7-6-8(17)14-11(13-7)21-12-16-15-9(20-12)10(18)19-4-2/h6H,3-5H2,1-2H3,(H,13,14,17). The first kappa shape index (κ1) is 15.6. The van der Waals surface area contributed by atoms with Crippen LogP contribution in [-0.2, 0) is 11.2 Å². The monoisotopic (exact) mass is 326 g/mol. The van der Waals surface area contributed by atoms with Gasteiger partial charge in [-0.25, -0.2) is 9.78 Å². The van der Waals surface area contributed by atoms with E-state index in [1.165, 1.54) is 17.8 Å². The molecule has 0 unspecified atom stereocenters.